The van der Waals surface area contributed by atoms with E-state index in [0.29, 0.717) is 23.4 Å². The van der Waals surface area contributed by atoms with E-state index < -0.39 is 10.2 Å². The van der Waals surface area contributed by atoms with E-state index in [0.717, 1.165) is 23.3 Å². The molecule has 0 bridgehead atoms. The van der Waals surface area contributed by atoms with Crippen LogP contribution >= 0.6 is 11.8 Å². The van der Waals surface area contributed by atoms with Gasteiger partial charge >= 0.3 is 0 Å². The fourth-order valence-corrected chi connectivity index (χ4v) is 4.43. The Labute approximate surface area is 203 Å². The predicted molar refractivity (Wildman–Crippen MR) is 136 cm³/mol. The van der Waals surface area contributed by atoms with Crippen LogP contribution in [0, 0.1) is 17.0 Å². The van der Waals surface area contributed by atoms with E-state index >= 15 is 0 Å². The SMILES string of the molecule is CCCCC(=O)Nc1cccc(SC(C(=O)Nc2ccc([N+](=O)[O-])cc2C)c2ccccc2)c1. The molecule has 3 aromatic rings. The summed E-state index contributed by atoms with van der Waals surface area (Å²) in [5.74, 6) is -0.277. The molecule has 3 rings (SSSR count). The van der Waals surface area contributed by atoms with E-state index in [1.54, 1.807) is 13.0 Å². The number of hydrogen-bond acceptors (Lipinski definition) is 5. The highest BCUT2D eigenvalue weighted by Gasteiger charge is 2.23. The van der Waals surface area contributed by atoms with Gasteiger partial charge in [-0.15, -0.1) is 11.8 Å². The molecule has 0 aromatic heterocycles. The molecule has 3 aromatic carbocycles. The first-order valence-electron chi connectivity index (χ1n) is 11.0. The van der Waals surface area contributed by atoms with Gasteiger partial charge in [-0.25, -0.2) is 0 Å². The molecular formula is C26H27N3O4S. The molecule has 7 nitrogen and oxygen atoms in total. The molecule has 0 saturated heterocycles. The largest absolute Gasteiger partial charge is 0.326 e. The van der Waals surface area contributed by atoms with Gasteiger partial charge in [-0.05, 0) is 48.7 Å². The minimum absolute atomic E-state index is 0.0257. The van der Waals surface area contributed by atoms with Gasteiger partial charge in [-0.3, -0.25) is 19.7 Å². The third-order valence-electron chi connectivity index (χ3n) is 5.15. The number of hydrogen-bond donors (Lipinski definition) is 2. The number of amides is 2. The van der Waals surface area contributed by atoms with Crippen molar-refractivity contribution in [1.82, 2.24) is 0 Å². The zero-order valence-electron chi connectivity index (χ0n) is 19.1. The molecule has 176 valence electrons. The standard InChI is InChI=1S/C26H27N3O4S/c1-3-4-13-24(30)27-20-11-8-12-22(17-20)34-25(19-9-6-5-7-10-19)26(31)28-23-15-14-21(29(32)33)16-18(23)2/h5-12,14-17,25H,3-4,13H2,1-2H3,(H,27,30)(H,28,31). The number of nitrogens with zero attached hydrogens (tertiary/aromatic N) is 1. The Kier molecular flexibility index (Phi) is 8.81. The lowest BCUT2D eigenvalue weighted by Gasteiger charge is -2.18. The van der Waals surface area contributed by atoms with Crippen LogP contribution < -0.4 is 10.6 Å². The highest BCUT2D eigenvalue weighted by atomic mass is 32.2. The molecule has 1 unspecified atom stereocenters. The summed E-state index contributed by atoms with van der Waals surface area (Å²) in [4.78, 5) is 36.8. The molecule has 0 fully saturated rings. The number of unbranched alkanes of at least 4 members (excludes halogenated alkanes) is 1. The molecule has 0 saturated carbocycles. The number of carbonyl (C=O) groups is 2. The number of nitro benzene ring substituents is 1. The van der Waals surface area contributed by atoms with Crippen LogP contribution in [-0.2, 0) is 9.59 Å². The summed E-state index contributed by atoms with van der Waals surface area (Å²) in [6, 6.07) is 21.2. The Morgan fingerprint density at radius 2 is 1.76 bits per heavy atom. The number of thioether (sulfide) groups is 1. The molecule has 0 aliphatic rings. The zero-order valence-corrected chi connectivity index (χ0v) is 19.9. The quantitative estimate of drug-likeness (QED) is 0.197. The molecular weight excluding hydrogens is 450 g/mol. The number of aryl methyl sites for hydroxylation is 1. The van der Waals surface area contributed by atoms with E-state index in [4.69, 9.17) is 0 Å². The van der Waals surface area contributed by atoms with E-state index in [-0.39, 0.29) is 17.5 Å². The van der Waals surface area contributed by atoms with Gasteiger partial charge < -0.3 is 10.6 Å². The lowest BCUT2D eigenvalue weighted by molar-refractivity contribution is -0.384. The van der Waals surface area contributed by atoms with Gasteiger partial charge in [-0.1, -0.05) is 49.7 Å². The summed E-state index contributed by atoms with van der Waals surface area (Å²) in [5, 5.41) is 16.3. The van der Waals surface area contributed by atoms with Crippen molar-refractivity contribution < 1.29 is 14.5 Å². The Bertz CT molecular complexity index is 1170. The number of anilines is 2. The second-order valence-corrected chi connectivity index (χ2v) is 9.01. The molecule has 0 heterocycles. The average Bonchev–Trinajstić information content (AvgIpc) is 2.83. The number of rotatable bonds is 10. The van der Waals surface area contributed by atoms with Crippen molar-refractivity contribution in [3.8, 4) is 0 Å². The lowest BCUT2D eigenvalue weighted by Crippen LogP contribution is -2.19. The van der Waals surface area contributed by atoms with Crippen LogP contribution in [-0.4, -0.2) is 16.7 Å². The highest BCUT2D eigenvalue weighted by Crippen LogP contribution is 2.37. The molecule has 8 heteroatoms. The van der Waals surface area contributed by atoms with Crippen LogP contribution in [0.2, 0.25) is 0 Å². The Morgan fingerprint density at radius 1 is 1.00 bits per heavy atom. The third kappa shape index (κ3) is 6.92. The maximum atomic E-state index is 13.3. The summed E-state index contributed by atoms with van der Waals surface area (Å²) in [7, 11) is 0. The number of nitro groups is 1. The first-order chi connectivity index (χ1) is 16.4. The van der Waals surface area contributed by atoms with E-state index in [9.17, 15) is 19.7 Å². The fourth-order valence-electron chi connectivity index (χ4n) is 3.34. The average molecular weight is 478 g/mol. The predicted octanol–water partition coefficient (Wildman–Crippen LogP) is 6.50. The molecule has 0 aliphatic carbocycles. The van der Waals surface area contributed by atoms with Crippen LogP contribution in [0.25, 0.3) is 0 Å². The molecule has 0 radical (unpaired) electrons. The lowest BCUT2D eigenvalue weighted by atomic mass is 10.1. The second-order valence-electron chi connectivity index (χ2n) is 7.83. The number of carbonyl (C=O) groups excluding carboxylic acids is 2. The smallest absolute Gasteiger partial charge is 0.269 e. The minimum Gasteiger partial charge on any atom is -0.326 e. The monoisotopic (exact) mass is 477 g/mol. The summed E-state index contributed by atoms with van der Waals surface area (Å²) in [6.45, 7) is 3.76. The summed E-state index contributed by atoms with van der Waals surface area (Å²) in [5.41, 5.74) is 2.61. The van der Waals surface area contributed by atoms with Crippen molar-refractivity contribution >= 4 is 40.6 Å². The molecule has 34 heavy (non-hydrogen) atoms. The van der Waals surface area contributed by atoms with E-state index in [1.807, 2.05) is 61.5 Å². The van der Waals surface area contributed by atoms with E-state index in [1.165, 1.54) is 23.9 Å². The second kappa shape index (κ2) is 12.0. The van der Waals surface area contributed by atoms with Gasteiger partial charge in [0.15, 0.2) is 0 Å². The Morgan fingerprint density at radius 3 is 2.44 bits per heavy atom. The van der Waals surface area contributed by atoms with Crippen molar-refractivity contribution in [2.75, 3.05) is 10.6 Å². The summed E-state index contributed by atoms with van der Waals surface area (Å²) < 4.78 is 0. The Hall–Kier alpha value is -3.65. The van der Waals surface area contributed by atoms with Gasteiger partial charge in [0.1, 0.15) is 5.25 Å². The maximum absolute atomic E-state index is 13.3. The normalized spacial score (nSPS) is 11.5. The molecule has 2 N–H and O–H groups in total. The van der Waals surface area contributed by atoms with Crippen molar-refractivity contribution in [2.45, 2.75) is 43.3 Å². The molecule has 1 atom stereocenters. The number of benzene rings is 3. The topological polar surface area (TPSA) is 101 Å². The summed E-state index contributed by atoms with van der Waals surface area (Å²) in [6.07, 6.45) is 2.25. The fraction of sp³-hybridized carbons (Fsp3) is 0.231. The number of non-ortho nitro benzene ring substituents is 1. The van der Waals surface area contributed by atoms with Gasteiger partial charge in [0.05, 0.1) is 4.92 Å². The first kappa shape index (κ1) is 25.0. The van der Waals surface area contributed by atoms with Crippen LogP contribution in [0.15, 0.2) is 77.7 Å². The molecule has 0 spiro atoms. The van der Waals surface area contributed by atoms with Crippen LogP contribution in [0.1, 0.15) is 42.6 Å². The third-order valence-corrected chi connectivity index (χ3v) is 6.40. The zero-order chi connectivity index (χ0) is 24.5. The van der Waals surface area contributed by atoms with Crippen molar-refractivity contribution in [2.24, 2.45) is 0 Å². The van der Waals surface area contributed by atoms with Crippen molar-refractivity contribution in [3.05, 3.63) is 94.0 Å². The van der Waals surface area contributed by atoms with E-state index in [2.05, 4.69) is 10.6 Å². The highest BCUT2D eigenvalue weighted by molar-refractivity contribution is 8.00. The van der Waals surface area contributed by atoms with Crippen LogP contribution in [0.5, 0.6) is 0 Å². The summed E-state index contributed by atoms with van der Waals surface area (Å²) >= 11 is 1.37. The molecule has 2 amide bonds. The van der Waals surface area contributed by atoms with Gasteiger partial charge in [0.2, 0.25) is 11.8 Å². The number of nitrogens with one attached hydrogen (secondary N) is 2. The van der Waals surface area contributed by atoms with Gasteiger partial charge in [0, 0.05) is 34.8 Å². The van der Waals surface area contributed by atoms with Crippen LogP contribution in [0.3, 0.4) is 0 Å². The van der Waals surface area contributed by atoms with Gasteiger partial charge in [0.25, 0.3) is 5.69 Å². The molecule has 0 aliphatic heterocycles. The van der Waals surface area contributed by atoms with Crippen molar-refractivity contribution in [3.63, 3.8) is 0 Å². The minimum atomic E-state index is -0.568. The first-order valence-corrected chi connectivity index (χ1v) is 11.9. The van der Waals surface area contributed by atoms with Gasteiger partial charge in [-0.2, -0.15) is 0 Å². The maximum Gasteiger partial charge on any atom is 0.269 e. The van der Waals surface area contributed by atoms with Crippen LogP contribution in [0.4, 0.5) is 17.1 Å². The Balaban J connectivity index is 1.81. The van der Waals surface area contributed by atoms with Crippen molar-refractivity contribution in [1.29, 1.82) is 0 Å².